The number of rotatable bonds is 12. The van der Waals surface area contributed by atoms with Crippen LogP contribution >= 0.6 is 0 Å². The normalized spacial score (nSPS) is 16.1. The summed E-state index contributed by atoms with van der Waals surface area (Å²) < 4.78 is 5.48. The molecule has 0 bridgehead atoms. The molecule has 2 aromatic heterocycles. The number of primary amides is 1. The maximum atomic E-state index is 11.3. The van der Waals surface area contributed by atoms with Crippen molar-refractivity contribution in [2.24, 2.45) is 10.9 Å². The number of unbranched alkanes of at least 4 members (excludes halogenated alkanes) is 3. The summed E-state index contributed by atoms with van der Waals surface area (Å²) in [4.78, 5) is 42.7. The predicted octanol–water partition coefficient (Wildman–Crippen LogP) is 5.60. The minimum absolute atomic E-state index is 0.254. The number of carbonyl (C=O) groups excluding carboxylic acids is 2. The highest BCUT2D eigenvalue weighted by atomic mass is 16.7. The Bertz CT molecular complexity index is 1410. The molecule has 3 aromatic rings. The van der Waals surface area contributed by atoms with Gasteiger partial charge in [-0.05, 0) is 38.8 Å². The van der Waals surface area contributed by atoms with Crippen molar-refractivity contribution in [3.63, 3.8) is 0 Å². The van der Waals surface area contributed by atoms with Gasteiger partial charge in [-0.25, -0.2) is 9.97 Å². The quantitative estimate of drug-likeness (QED) is 0.262. The summed E-state index contributed by atoms with van der Waals surface area (Å²) in [7, 11) is 1.64. The number of piperidine rings is 1. The summed E-state index contributed by atoms with van der Waals surface area (Å²) in [5.41, 5.74) is 8.10. The third-order valence-corrected chi connectivity index (χ3v) is 8.38. The van der Waals surface area contributed by atoms with Gasteiger partial charge in [0.15, 0.2) is 0 Å². The largest absolute Gasteiger partial charge is 0.480 e. The molecule has 43 heavy (non-hydrogen) atoms. The van der Waals surface area contributed by atoms with Gasteiger partial charge in [0.2, 0.25) is 5.88 Å². The first-order valence-electron chi connectivity index (χ1n) is 15.5. The van der Waals surface area contributed by atoms with Gasteiger partial charge in [0, 0.05) is 63.0 Å². The van der Waals surface area contributed by atoms with E-state index in [0.717, 1.165) is 92.4 Å². The highest BCUT2D eigenvalue weighted by molar-refractivity contribution is 6.38. The molecule has 2 aliphatic rings. The van der Waals surface area contributed by atoms with Crippen LogP contribution in [-0.2, 0) is 20.8 Å². The van der Waals surface area contributed by atoms with Gasteiger partial charge in [0.05, 0.1) is 30.1 Å². The maximum absolute atomic E-state index is 11.3. The van der Waals surface area contributed by atoms with E-state index in [-0.39, 0.29) is 5.60 Å². The van der Waals surface area contributed by atoms with Gasteiger partial charge in [-0.1, -0.05) is 43.1 Å². The Morgan fingerprint density at radius 3 is 2.56 bits per heavy atom. The number of imidazole rings is 1. The number of ether oxygens (including phenoxy) is 1. The molecule has 3 N–H and O–H groups in total. The van der Waals surface area contributed by atoms with Crippen LogP contribution in [0.25, 0.3) is 22.2 Å². The number of hydrogen-bond donors (Lipinski definition) is 2. The number of hydrogen-bond acceptors (Lipinski definition) is 8. The van der Waals surface area contributed by atoms with Gasteiger partial charge < -0.3 is 25.2 Å². The fraction of sp³-hybridized carbons (Fsp3) is 0.545. The molecule has 1 spiro atoms. The standard InChI is InChI=1S/C22H27N3O2.C11H19N3O2/c1-3-17(26)11-6-4-5-7-13-21-23-15-20(24-21)18-14-16-10-8-9-12-19(16)25-22(18)27-2;1-8(2)14-5-3-11(4-6-14)7-9(10(12)15)13-16-11/h8-10,12,14-15H,3-7,11,13H2,1-2H3,(H,23,24);8H,3-7H2,1-2H3,(H2,12,15). The molecule has 232 valence electrons. The second-order valence-corrected chi connectivity index (χ2v) is 11.8. The molecule has 4 heterocycles. The number of methoxy groups -OCH3 is 1. The first-order valence-corrected chi connectivity index (χ1v) is 15.5. The summed E-state index contributed by atoms with van der Waals surface area (Å²) in [5.74, 6) is 1.49. The third kappa shape index (κ3) is 8.63. The second kappa shape index (κ2) is 15.1. The minimum Gasteiger partial charge on any atom is -0.480 e. The summed E-state index contributed by atoms with van der Waals surface area (Å²) >= 11 is 0. The lowest BCUT2D eigenvalue weighted by Gasteiger charge is -2.39. The molecule has 0 atom stereocenters. The molecule has 0 radical (unpaired) electrons. The average molecular weight is 591 g/mol. The van der Waals surface area contributed by atoms with E-state index in [9.17, 15) is 9.59 Å². The molecule has 2 aliphatic heterocycles. The second-order valence-electron chi connectivity index (χ2n) is 11.8. The number of nitrogens with one attached hydrogen (secondary N) is 1. The summed E-state index contributed by atoms with van der Waals surface area (Å²) in [6.07, 6.45) is 10.8. The number of carbonyl (C=O) groups is 2. The Morgan fingerprint density at radius 2 is 1.88 bits per heavy atom. The summed E-state index contributed by atoms with van der Waals surface area (Å²) in [5, 5.41) is 4.88. The number of fused-ring (bicyclic) bond motifs is 1. The molecule has 0 unspecified atom stereocenters. The number of nitrogens with zero attached hydrogens (tertiary/aromatic N) is 4. The van der Waals surface area contributed by atoms with E-state index in [2.05, 4.69) is 44.9 Å². The van der Waals surface area contributed by atoms with Gasteiger partial charge in [0.1, 0.15) is 22.9 Å². The number of likely N-dealkylation sites (tertiary alicyclic amines) is 1. The predicted molar refractivity (Wildman–Crippen MR) is 169 cm³/mol. The van der Waals surface area contributed by atoms with Gasteiger partial charge in [0.25, 0.3) is 5.91 Å². The van der Waals surface area contributed by atoms with E-state index in [0.29, 0.717) is 36.3 Å². The monoisotopic (exact) mass is 590 g/mol. The number of aryl methyl sites for hydroxylation is 1. The van der Waals surface area contributed by atoms with E-state index < -0.39 is 5.91 Å². The van der Waals surface area contributed by atoms with Gasteiger partial charge in [-0.15, -0.1) is 0 Å². The number of Topliss-reactive ketones (excluding diaryl/α,β-unsaturated/α-hetero) is 1. The van der Waals surface area contributed by atoms with Crippen LogP contribution in [-0.4, -0.2) is 69.1 Å². The lowest BCUT2D eigenvalue weighted by molar-refractivity contribution is -0.118. The van der Waals surface area contributed by atoms with Crippen molar-refractivity contribution in [3.8, 4) is 17.1 Å². The molecule has 1 saturated heterocycles. The Labute approximate surface area is 254 Å². The molecule has 1 aromatic carbocycles. The fourth-order valence-corrected chi connectivity index (χ4v) is 5.59. The van der Waals surface area contributed by atoms with Crippen molar-refractivity contribution in [2.75, 3.05) is 20.2 Å². The van der Waals surface area contributed by atoms with E-state index in [1.807, 2.05) is 37.4 Å². The molecule has 0 saturated carbocycles. The van der Waals surface area contributed by atoms with Crippen LogP contribution in [0.2, 0.25) is 0 Å². The van der Waals surface area contributed by atoms with E-state index in [1.54, 1.807) is 7.11 Å². The Balaban J connectivity index is 0.000000225. The zero-order chi connectivity index (χ0) is 30.8. The van der Waals surface area contributed by atoms with Gasteiger partial charge >= 0.3 is 0 Å². The van der Waals surface area contributed by atoms with Crippen LogP contribution in [0.1, 0.15) is 84.4 Å². The van der Waals surface area contributed by atoms with Crippen molar-refractivity contribution >= 4 is 28.3 Å². The highest BCUT2D eigenvalue weighted by Gasteiger charge is 2.43. The minimum atomic E-state index is -0.455. The average Bonchev–Trinajstić information content (AvgIpc) is 3.66. The first-order chi connectivity index (χ1) is 20.7. The molecular formula is C33H46N6O4. The van der Waals surface area contributed by atoms with E-state index in [1.165, 1.54) is 0 Å². The Kier molecular flexibility index (Phi) is 11.3. The van der Waals surface area contributed by atoms with Crippen molar-refractivity contribution < 1.29 is 19.2 Å². The van der Waals surface area contributed by atoms with Gasteiger partial charge in [-0.2, -0.15) is 0 Å². The zero-order valence-corrected chi connectivity index (χ0v) is 26.0. The smallest absolute Gasteiger partial charge is 0.266 e. The van der Waals surface area contributed by atoms with Crippen LogP contribution in [0.3, 0.4) is 0 Å². The summed E-state index contributed by atoms with van der Waals surface area (Å²) in [6.45, 7) is 8.31. The number of oxime groups is 1. The van der Waals surface area contributed by atoms with Crippen molar-refractivity contribution in [1.29, 1.82) is 0 Å². The number of amides is 1. The Hall–Kier alpha value is -3.79. The highest BCUT2D eigenvalue weighted by Crippen LogP contribution is 2.35. The van der Waals surface area contributed by atoms with Crippen LogP contribution < -0.4 is 10.5 Å². The first kappa shape index (κ1) is 32.1. The van der Waals surface area contributed by atoms with Crippen molar-refractivity contribution in [2.45, 2.75) is 96.6 Å². The molecule has 5 rings (SSSR count). The Morgan fingerprint density at radius 1 is 1.14 bits per heavy atom. The molecule has 1 amide bonds. The van der Waals surface area contributed by atoms with E-state index in [4.69, 9.17) is 15.3 Å². The fourth-order valence-electron chi connectivity index (χ4n) is 5.59. The molecule has 10 nitrogen and oxygen atoms in total. The summed E-state index contributed by atoms with van der Waals surface area (Å²) in [6, 6.07) is 10.7. The molecule has 10 heteroatoms. The lowest BCUT2D eigenvalue weighted by Crippen LogP contribution is -2.47. The number of ketones is 1. The lowest BCUT2D eigenvalue weighted by atomic mass is 9.86. The number of para-hydroxylation sites is 1. The molecule has 0 aliphatic carbocycles. The van der Waals surface area contributed by atoms with Gasteiger partial charge in [-0.3, -0.25) is 9.59 Å². The SMILES string of the molecule is CC(C)N1CCC2(CC1)CC(C(N)=O)=NO2.CCC(=O)CCCCCCc1ncc(-c2cc3ccccc3nc2OC)[nH]1. The number of H-pyrrole nitrogens is 1. The third-order valence-electron chi connectivity index (χ3n) is 8.38. The van der Waals surface area contributed by atoms with Crippen molar-refractivity contribution in [1.82, 2.24) is 19.9 Å². The number of pyridine rings is 1. The van der Waals surface area contributed by atoms with Crippen LogP contribution in [0.4, 0.5) is 0 Å². The molecule has 1 fully saturated rings. The number of aromatic amines is 1. The number of benzene rings is 1. The van der Waals surface area contributed by atoms with Crippen molar-refractivity contribution in [3.05, 3.63) is 42.4 Å². The van der Waals surface area contributed by atoms with Crippen LogP contribution in [0, 0.1) is 0 Å². The van der Waals surface area contributed by atoms with E-state index >= 15 is 0 Å². The topological polar surface area (TPSA) is 136 Å². The molecular weight excluding hydrogens is 544 g/mol. The maximum Gasteiger partial charge on any atom is 0.266 e. The zero-order valence-electron chi connectivity index (χ0n) is 26.0. The number of nitrogens with two attached hydrogens (primary N) is 1. The number of aromatic nitrogens is 3. The van der Waals surface area contributed by atoms with Crippen LogP contribution in [0.15, 0.2) is 41.7 Å². The van der Waals surface area contributed by atoms with Crippen LogP contribution in [0.5, 0.6) is 5.88 Å².